The van der Waals surface area contributed by atoms with Gasteiger partial charge in [0.2, 0.25) is 0 Å². The Morgan fingerprint density at radius 1 is 1.15 bits per heavy atom. The Balaban J connectivity index is 1.77. The molecule has 0 aliphatic carbocycles. The van der Waals surface area contributed by atoms with Crippen molar-refractivity contribution in [2.75, 3.05) is 11.4 Å². The van der Waals surface area contributed by atoms with E-state index in [0.717, 1.165) is 12.0 Å². The summed E-state index contributed by atoms with van der Waals surface area (Å²) in [6, 6.07) is 11.5. The molecule has 2 aromatic rings. The molecule has 0 spiro atoms. The van der Waals surface area contributed by atoms with Crippen LogP contribution in [0.1, 0.15) is 18.4 Å². The number of carbonyl (C=O) groups excluding carboxylic acids is 1. The molecular formula is C18H19N3O5S. The van der Waals surface area contributed by atoms with Gasteiger partial charge in [0.25, 0.3) is 21.6 Å². The fourth-order valence-electron chi connectivity index (χ4n) is 3.09. The van der Waals surface area contributed by atoms with E-state index in [2.05, 4.69) is 4.72 Å². The monoisotopic (exact) mass is 389 g/mol. The number of hydrogen-bond donors (Lipinski definition) is 1. The molecule has 8 nitrogen and oxygen atoms in total. The van der Waals surface area contributed by atoms with Crippen LogP contribution < -0.4 is 9.62 Å². The lowest BCUT2D eigenvalue weighted by atomic mass is 10.2. The van der Waals surface area contributed by atoms with Crippen molar-refractivity contribution in [2.45, 2.75) is 30.7 Å². The number of nitro benzene ring substituents is 1. The van der Waals surface area contributed by atoms with Gasteiger partial charge in [0.1, 0.15) is 6.04 Å². The number of nitro groups is 1. The topological polar surface area (TPSA) is 110 Å². The zero-order valence-corrected chi connectivity index (χ0v) is 15.5. The molecule has 0 saturated carbocycles. The number of non-ortho nitro benzene ring substituents is 1. The third-order valence-electron chi connectivity index (χ3n) is 4.51. The van der Waals surface area contributed by atoms with Crippen molar-refractivity contribution in [1.82, 2.24) is 4.72 Å². The third-order valence-corrected chi connectivity index (χ3v) is 5.88. The van der Waals surface area contributed by atoms with Gasteiger partial charge in [-0.15, -0.1) is 0 Å². The Bertz CT molecular complexity index is 955. The van der Waals surface area contributed by atoms with E-state index in [9.17, 15) is 23.3 Å². The molecule has 1 aliphatic rings. The molecule has 27 heavy (non-hydrogen) atoms. The maximum Gasteiger partial charge on any atom is 0.269 e. The number of nitrogens with zero attached hydrogens (tertiary/aromatic N) is 2. The third kappa shape index (κ3) is 4.08. The molecule has 1 atom stereocenters. The minimum Gasteiger partial charge on any atom is -0.359 e. The maximum absolute atomic E-state index is 12.6. The first-order valence-corrected chi connectivity index (χ1v) is 9.91. The largest absolute Gasteiger partial charge is 0.359 e. The molecule has 1 heterocycles. The number of anilines is 1. The van der Waals surface area contributed by atoms with Crippen molar-refractivity contribution < 1.29 is 18.1 Å². The first-order chi connectivity index (χ1) is 12.8. The number of carbonyl (C=O) groups is 1. The zero-order valence-electron chi connectivity index (χ0n) is 14.7. The number of amides is 1. The molecule has 142 valence electrons. The lowest BCUT2D eigenvalue weighted by Gasteiger charge is -2.25. The average molecular weight is 389 g/mol. The van der Waals surface area contributed by atoms with Gasteiger partial charge in [-0.25, -0.2) is 13.1 Å². The summed E-state index contributed by atoms with van der Waals surface area (Å²) in [6.07, 6.45) is 1.23. The second kappa shape index (κ2) is 7.36. The van der Waals surface area contributed by atoms with E-state index in [0.29, 0.717) is 18.7 Å². The summed E-state index contributed by atoms with van der Waals surface area (Å²) >= 11 is 0. The van der Waals surface area contributed by atoms with E-state index in [1.165, 1.54) is 24.3 Å². The van der Waals surface area contributed by atoms with Gasteiger partial charge in [0, 0.05) is 24.4 Å². The molecule has 1 aliphatic heterocycles. The SMILES string of the molecule is Cc1ccc(S(=O)(=O)NC(=O)C2CCCN2c2ccc([N+](=O)[O-])cc2)cc1. The Morgan fingerprint density at radius 3 is 2.37 bits per heavy atom. The fourth-order valence-corrected chi connectivity index (χ4v) is 4.10. The molecule has 1 saturated heterocycles. The number of benzene rings is 2. The second-order valence-electron chi connectivity index (χ2n) is 6.41. The number of sulfonamides is 1. The molecule has 0 radical (unpaired) electrons. The molecule has 1 amide bonds. The average Bonchev–Trinajstić information content (AvgIpc) is 3.11. The van der Waals surface area contributed by atoms with E-state index in [4.69, 9.17) is 0 Å². The number of nitrogens with one attached hydrogen (secondary N) is 1. The van der Waals surface area contributed by atoms with Gasteiger partial charge in [0.15, 0.2) is 0 Å². The lowest BCUT2D eigenvalue weighted by Crippen LogP contribution is -2.45. The maximum atomic E-state index is 12.6. The number of hydrogen-bond acceptors (Lipinski definition) is 6. The summed E-state index contributed by atoms with van der Waals surface area (Å²) in [6.45, 7) is 2.41. The van der Waals surface area contributed by atoms with Crippen LogP contribution in [-0.4, -0.2) is 31.8 Å². The summed E-state index contributed by atoms with van der Waals surface area (Å²) in [5, 5.41) is 10.8. The summed E-state index contributed by atoms with van der Waals surface area (Å²) in [5.41, 5.74) is 1.52. The van der Waals surface area contributed by atoms with Crippen LogP contribution in [0.4, 0.5) is 11.4 Å². The molecule has 1 unspecified atom stereocenters. The highest BCUT2D eigenvalue weighted by Gasteiger charge is 2.33. The first kappa shape index (κ1) is 18.8. The van der Waals surface area contributed by atoms with Gasteiger partial charge < -0.3 is 4.90 Å². The van der Waals surface area contributed by atoms with Crippen LogP contribution in [0.25, 0.3) is 0 Å². The summed E-state index contributed by atoms with van der Waals surface area (Å²) in [4.78, 5) is 24.7. The second-order valence-corrected chi connectivity index (χ2v) is 8.09. The number of rotatable bonds is 5. The number of aryl methyl sites for hydroxylation is 1. The van der Waals surface area contributed by atoms with Gasteiger partial charge in [-0.1, -0.05) is 17.7 Å². The predicted molar refractivity (Wildman–Crippen MR) is 100.0 cm³/mol. The molecule has 2 aromatic carbocycles. The molecule has 0 bridgehead atoms. The standard InChI is InChI=1S/C18H19N3O5S/c1-13-4-10-16(11-5-13)27(25,26)19-18(22)17-3-2-12-20(17)14-6-8-15(9-7-14)21(23)24/h4-11,17H,2-3,12H2,1H3,(H,19,22). The molecule has 1 fully saturated rings. The molecule has 3 rings (SSSR count). The van der Waals surface area contributed by atoms with Gasteiger partial charge in [0.05, 0.1) is 9.82 Å². The van der Waals surface area contributed by atoms with E-state index in [1.54, 1.807) is 29.2 Å². The molecule has 1 N–H and O–H groups in total. The van der Waals surface area contributed by atoms with Gasteiger partial charge >= 0.3 is 0 Å². The van der Waals surface area contributed by atoms with Crippen LogP contribution in [0.3, 0.4) is 0 Å². The van der Waals surface area contributed by atoms with Crippen molar-refractivity contribution in [3.05, 3.63) is 64.2 Å². The van der Waals surface area contributed by atoms with Crippen molar-refractivity contribution >= 4 is 27.3 Å². The Morgan fingerprint density at radius 2 is 1.78 bits per heavy atom. The van der Waals surface area contributed by atoms with Crippen molar-refractivity contribution in [3.63, 3.8) is 0 Å². The van der Waals surface area contributed by atoms with Gasteiger partial charge in [-0.05, 0) is 44.0 Å². The summed E-state index contributed by atoms with van der Waals surface area (Å²) in [7, 11) is -3.95. The van der Waals surface area contributed by atoms with Gasteiger partial charge in [-0.2, -0.15) is 0 Å². The zero-order chi connectivity index (χ0) is 19.6. The van der Waals surface area contributed by atoms with E-state index >= 15 is 0 Å². The highest BCUT2D eigenvalue weighted by molar-refractivity contribution is 7.90. The van der Waals surface area contributed by atoms with Crippen LogP contribution in [0.5, 0.6) is 0 Å². The first-order valence-electron chi connectivity index (χ1n) is 8.42. The van der Waals surface area contributed by atoms with Crippen molar-refractivity contribution in [2.24, 2.45) is 0 Å². The smallest absolute Gasteiger partial charge is 0.269 e. The Kier molecular flexibility index (Phi) is 5.13. The lowest BCUT2D eigenvalue weighted by molar-refractivity contribution is -0.384. The highest BCUT2D eigenvalue weighted by Crippen LogP contribution is 2.27. The van der Waals surface area contributed by atoms with E-state index in [-0.39, 0.29) is 10.6 Å². The summed E-state index contributed by atoms with van der Waals surface area (Å²) < 4.78 is 27.0. The van der Waals surface area contributed by atoms with Crippen molar-refractivity contribution in [3.8, 4) is 0 Å². The van der Waals surface area contributed by atoms with Crippen molar-refractivity contribution in [1.29, 1.82) is 0 Å². The van der Waals surface area contributed by atoms with E-state index in [1.807, 2.05) is 6.92 Å². The normalized spacial score (nSPS) is 16.9. The van der Waals surface area contributed by atoms with Gasteiger partial charge in [-0.3, -0.25) is 14.9 Å². The molecular weight excluding hydrogens is 370 g/mol. The molecule has 0 aromatic heterocycles. The Labute approximate surface area is 157 Å². The fraction of sp³-hybridized carbons (Fsp3) is 0.278. The van der Waals surface area contributed by atoms with Crippen LogP contribution in [0, 0.1) is 17.0 Å². The quantitative estimate of drug-likeness (QED) is 0.621. The van der Waals surface area contributed by atoms with Crippen LogP contribution >= 0.6 is 0 Å². The molecule has 9 heteroatoms. The minimum absolute atomic E-state index is 0.0290. The Hall–Kier alpha value is -2.94. The summed E-state index contributed by atoms with van der Waals surface area (Å²) in [5.74, 6) is -0.605. The van der Waals surface area contributed by atoms with E-state index < -0.39 is 26.9 Å². The highest BCUT2D eigenvalue weighted by atomic mass is 32.2. The van der Waals surface area contributed by atoms with Crippen LogP contribution in [0.15, 0.2) is 53.4 Å². The minimum atomic E-state index is -3.95. The van der Waals surface area contributed by atoms with Crippen LogP contribution in [-0.2, 0) is 14.8 Å². The van der Waals surface area contributed by atoms with Crippen LogP contribution in [0.2, 0.25) is 0 Å². The predicted octanol–water partition coefficient (Wildman–Crippen LogP) is 2.38.